The number of hydrogen-bond acceptors (Lipinski definition) is 6. The van der Waals surface area contributed by atoms with Crippen molar-refractivity contribution in [3.63, 3.8) is 0 Å². The third-order valence-corrected chi connectivity index (χ3v) is 10.2. The maximum Gasteiger partial charge on any atom is 0.471 e. The van der Waals surface area contributed by atoms with Crippen molar-refractivity contribution < 1.29 is 37.3 Å². The van der Waals surface area contributed by atoms with Gasteiger partial charge in [0.2, 0.25) is 5.91 Å². The molecule has 0 saturated carbocycles. The van der Waals surface area contributed by atoms with Gasteiger partial charge in [0.05, 0.1) is 18.8 Å². The van der Waals surface area contributed by atoms with Crippen molar-refractivity contribution in [1.29, 1.82) is 0 Å². The number of aliphatic hydroxyl groups is 1. The molecule has 2 aromatic rings. The first-order valence-corrected chi connectivity index (χ1v) is 19.6. The van der Waals surface area contributed by atoms with Crippen LogP contribution < -0.4 is 5.32 Å². The molecule has 290 valence electrons. The van der Waals surface area contributed by atoms with Gasteiger partial charge in [-0.2, -0.15) is 13.2 Å². The van der Waals surface area contributed by atoms with Gasteiger partial charge in [-0.3, -0.25) is 9.59 Å². The highest BCUT2D eigenvalue weighted by atomic mass is 19.4. The van der Waals surface area contributed by atoms with Gasteiger partial charge in [-0.15, -0.1) is 0 Å². The monoisotopic (exact) mass is 731 g/mol. The number of carbonyl (C=O) groups is 2. The van der Waals surface area contributed by atoms with Gasteiger partial charge in [0, 0.05) is 30.8 Å². The van der Waals surface area contributed by atoms with Crippen molar-refractivity contribution in [2.45, 2.75) is 147 Å². The summed E-state index contributed by atoms with van der Waals surface area (Å²) in [5, 5.41) is 12.4. The topological polar surface area (TPSA) is 91.3 Å². The molecule has 2 aromatic carbocycles. The summed E-state index contributed by atoms with van der Waals surface area (Å²) in [6.07, 6.45) is 9.73. The van der Waals surface area contributed by atoms with E-state index >= 15 is 0 Å². The number of hydrogen-bond donors (Lipinski definition) is 2. The van der Waals surface area contributed by atoms with Crippen LogP contribution in [-0.2, 0) is 25.7 Å². The molecule has 2 aliphatic rings. The van der Waals surface area contributed by atoms with Gasteiger partial charge in [0.25, 0.3) is 0 Å². The first-order chi connectivity index (χ1) is 25.1. The van der Waals surface area contributed by atoms with Crippen molar-refractivity contribution in [3.8, 4) is 0 Å². The lowest BCUT2D eigenvalue weighted by atomic mass is 9.99. The molecule has 0 bridgehead atoms. The third kappa shape index (κ3) is 13.1. The normalized spacial score (nSPS) is 20.8. The zero-order valence-electron chi connectivity index (χ0n) is 31.2. The minimum Gasteiger partial charge on any atom is -0.392 e. The Morgan fingerprint density at radius 1 is 0.865 bits per heavy atom. The summed E-state index contributed by atoms with van der Waals surface area (Å²) in [7, 11) is 0. The Labute approximate surface area is 308 Å². The molecule has 0 aliphatic carbocycles. The third-order valence-electron chi connectivity index (χ3n) is 10.2. The smallest absolute Gasteiger partial charge is 0.392 e. The van der Waals surface area contributed by atoms with E-state index in [0.29, 0.717) is 29.0 Å². The number of carbonyl (C=O) groups excluding carboxylic acids is 2. The average Bonchev–Trinajstić information content (AvgIpc) is 3.64. The molecule has 2 saturated heterocycles. The summed E-state index contributed by atoms with van der Waals surface area (Å²) in [6.45, 7) is 7.09. The zero-order chi connectivity index (χ0) is 37.3. The fourth-order valence-electron chi connectivity index (χ4n) is 7.28. The number of nitrogens with one attached hydrogen (secondary N) is 1. The van der Waals surface area contributed by atoms with Crippen molar-refractivity contribution in [2.75, 3.05) is 31.5 Å². The summed E-state index contributed by atoms with van der Waals surface area (Å²) in [5.74, 6) is -2.65. The predicted molar refractivity (Wildman–Crippen MR) is 197 cm³/mol. The summed E-state index contributed by atoms with van der Waals surface area (Å²) in [4.78, 5) is 28.3. The van der Waals surface area contributed by atoms with Gasteiger partial charge in [0.15, 0.2) is 6.29 Å². The second-order valence-electron chi connectivity index (χ2n) is 14.5. The van der Waals surface area contributed by atoms with E-state index in [-0.39, 0.29) is 31.8 Å². The fourth-order valence-corrected chi connectivity index (χ4v) is 7.28. The van der Waals surface area contributed by atoms with E-state index in [4.69, 9.17) is 9.47 Å². The summed E-state index contributed by atoms with van der Waals surface area (Å²) < 4.78 is 52.8. The molecule has 0 spiro atoms. The number of amides is 2. The Hall–Kier alpha value is -2.99. The number of rotatable bonds is 21. The number of aliphatic hydroxyl groups excluding tert-OH is 1. The number of likely N-dealkylation sites (tertiary alicyclic amines) is 1. The first kappa shape index (κ1) is 41.8. The SMILES string of the molecule is CCCCCCCCN(CCCCCCCC)CC1CC(c2ccc(CO)cc2)OC(c2cccc(NC(=O)C3CCCN3C(=O)C(F)(F)F)c2)O1. The number of halogens is 3. The lowest BCUT2D eigenvalue weighted by Crippen LogP contribution is -2.48. The highest BCUT2D eigenvalue weighted by Gasteiger charge is 2.47. The van der Waals surface area contributed by atoms with E-state index in [1.54, 1.807) is 18.2 Å². The summed E-state index contributed by atoms with van der Waals surface area (Å²) in [5.41, 5.74) is 2.86. The van der Waals surface area contributed by atoms with Crippen molar-refractivity contribution in [1.82, 2.24) is 9.80 Å². The van der Waals surface area contributed by atoms with Gasteiger partial charge in [-0.1, -0.05) is 114 Å². The van der Waals surface area contributed by atoms with E-state index in [2.05, 4.69) is 24.1 Å². The summed E-state index contributed by atoms with van der Waals surface area (Å²) >= 11 is 0. The Morgan fingerprint density at radius 2 is 1.50 bits per heavy atom. The van der Waals surface area contributed by atoms with Crippen molar-refractivity contribution in [2.24, 2.45) is 0 Å². The standard InChI is InChI=1S/C41H60F3N3O5/c1-3-5-7-9-11-13-24-46(25-14-12-10-8-6-4-2)29-35-28-37(32-22-20-31(30-48)21-23-32)52-39(51-35)33-17-15-18-34(27-33)45-38(49)36-19-16-26-47(36)40(50)41(42,43)44/h15,17-18,20-23,27,35-37,39,48H,3-14,16,19,24-26,28-30H2,1-2H3,(H,45,49). The maximum absolute atomic E-state index is 13.2. The fraction of sp³-hybridized carbons (Fsp3) is 0.659. The van der Waals surface area contributed by atoms with Crippen LogP contribution in [0.5, 0.6) is 0 Å². The Balaban J connectivity index is 1.49. The number of nitrogens with zero attached hydrogens (tertiary/aromatic N) is 2. The highest BCUT2D eigenvalue weighted by Crippen LogP contribution is 2.39. The summed E-state index contributed by atoms with van der Waals surface area (Å²) in [6, 6.07) is 13.6. The largest absolute Gasteiger partial charge is 0.471 e. The van der Waals surface area contributed by atoms with Gasteiger partial charge >= 0.3 is 12.1 Å². The maximum atomic E-state index is 13.2. The van der Waals surface area contributed by atoms with Crippen LogP contribution in [0, 0.1) is 0 Å². The molecule has 0 aromatic heterocycles. The molecule has 8 nitrogen and oxygen atoms in total. The molecule has 52 heavy (non-hydrogen) atoms. The molecular formula is C41H60F3N3O5. The number of benzene rings is 2. The second-order valence-corrected chi connectivity index (χ2v) is 14.5. The molecule has 0 radical (unpaired) electrons. The van der Waals surface area contributed by atoms with Crippen LogP contribution in [0.25, 0.3) is 0 Å². The molecule has 4 unspecified atom stereocenters. The molecule has 4 atom stereocenters. The first-order valence-electron chi connectivity index (χ1n) is 19.6. The van der Waals surface area contributed by atoms with E-state index < -0.39 is 30.3 Å². The minimum absolute atomic E-state index is 0.0481. The van der Waals surface area contributed by atoms with Gasteiger partial charge in [0.1, 0.15) is 6.04 Å². The van der Waals surface area contributed by atoms with Gasteiger partial charge in [-0.05, 0) is 62.0 Å². The molecule has 2 amide bonds. The Morgan fingerprint density at radius 3 is 2.12 bits per heavy atom. The van der Waals surface area contributed by atoms with E-state index in [1.165, 1.54) is 64.2 Å². The molecule has 2 heterocycles. The van der Waals surface area contributed by atoms with Gasteiger partial charge in [-0.25, -0.2) is 0 Å². The molecule has 2 aliphatic heterocycles. The van der Waals surface area contributed by atoms with Crippen LogP contribution in [0.2, 0.25) is 0 Å². The molecule has 2 fully saturated rings. The van der Waals surface area contributed by atoms with Crippen molar-refractivity contribution >= 4 is 17.5 Å². The predicted octanol–water partition coefficient (Wildman–Crippen LogP) is 9.24. The second kappa shape index (κ2) is 21.6. The van der Waals surface area contributed by atoms with Crippen LogP contribution in [0.1, 0.15) is 139 Å². The van der Waals surface area contributed by atoms with E-state index in [9.17, 15) is 27.9 Å². The van der Waals surface area contributed by atoms with Crippen molar-refractivity contribution in [3.05, 3.63) is 65.2 Å². The molecule has 4 rings (SSSR count). The molecule has 11 heteroatoms. The van der Waals surface area contributed by atoms with Gasteiger partial charge < -0.3 is 29.7 Å². The highest BCUT2D eigenvalue weighted by molar-refractivity contribution is 5.98. The lowest BCUT2D eigenvalue weighted by molar-refractivity contribution is -0.253. The molecular weight excluding hydrogens is 671 g/mol. The van der Waals surface area contributed by atoms with Crippen LogP contribution in [0.4, 0.5) is 18.9 Å². The quantitative estimate of drug-likeness (QED) is 0.125. The number of alkyl halides is 3. The van der Waals surface area contributed by atoms with Crippen LogP contribution in [0.15, 0.2) is 48.5 Å². The Bertz CT molecular complexity index is 1340. The van der Waals surface area contributed by atoms with E-state index in [1.807, 2.05) is 30.3 Å². The number of unbranched alkanes of at least 4 members (excludes halogenated alkanes) is 10. The number of anilines is 1. The van der Waals surface area contributed by atoms with Crippen LogP contribution in [-0.4, -0.2) is 71.2 Å². The molecule has 2 N–H and O–H groups in total. The van der Waals surface area contributed by atoms with E-state index in [0.717, 1.165) is 43.6 Å². The minimum atomic E-state index is -5.04. The van der Waals surface area contributed by atoms with Crippen LogP contribution in [0.3, 0.4) is 0 Å². The lowest BCUT2D eigenvalue weighted by Gasteiger charge is -2.38. The van der Waals surface area contributed by atoms with Crippen LogP contribution >= 0.6 is 0 Å². The Kier molecular flexibility index (Phi) is 17.4. The average molecular weight is 732 g/mol. The number of ether oxygens (including phenoxy) is 2. The zero-order valence-corrected chi connectivity index (χ0v) is 31.2.